The summed E-state index contributed by atoms with van der Waals surface area (Å²) in [4.78, 5) is 11.5. The molecule has 1 amide bonds. The molecule has 1 rings (SSSR count). The molecule has 0 radical (unpaired) electrons. The zero-order valence-electron chi connectivity index (χ0n) is 9.27. The third kappa shape index (κ3) is 4.05. The zero-order chi connectivity index (χ0) is 13.0. The Labute approximate surface area is 107 Å². The lowest BCUT2D eigenvalue weighted by molar-refractivity contribution is -0.116. The molecular formula is C11H13BrF2N2O. The Morgan fingerprint density at radius 1 is 1.47 bits per heavy atom. The van der Waals surface area contributed by atoms with Gasteiger partial charge in [-0.25, -0.2) is 8.78 Å². The van der Waals surface area contributed by atoms with Crippen molar-refractivity contribution in [3.8, 4) is 0 Å². The van der Waals surface area contributed by atoms with Crippen molar-refractivity contribution >= 4 is 27.5 Å². The smallest absolute Gasteiger partial charge is 0.226 e. The van der Waals surface area contributed by atoms with E-state index in [1.54, 1.807) is 0 Å². The number of carbonyl (C=O) groups is 1. The summed E-state index contributed by atoms with van der Waals surface area (Å²) in [6.45, 7) is 1.85. The van der Waals surface area contributed by atoms with Gasteiger partial charge in [-0.3, -0.25) is 4.79 Å². The highest BCUT2D eigenvalue weighted by atomic mass is 79.9. The quantitative estimate of drug-likeness (QED) is 0.840. The van der Waals surface area contributed by atoms with Gasteiger partial charge < -0.3 is 11.1 Å². The average molecular weight is 307 g/mol. The van der Waals surface area contributed by atoms with Gasteiger partial charge in [-0.15, -0.1) is 0 Å². The van der Waals surface area contributed by atoms with Gasteiger partial charge in [-0.1, -0.05) is 6.92 Å². The Balaban J connectivity index is 2.75. The summed E-state index contributed by atoms with van der Waals surface area (Å²) in [6, 6.07) is 1.63. The molecule has 94 valence electrons. The number of benzene rings is 1. The fourth-order valence-electron chi connectivity index (χ4n) is 1.20. The number of nitrogens with two attached hydrogens (primary N) is 1. The Hall–Kier alpha value is -1.01. The molecule has 1 unspecified atom stereocenters. The van der Waals surface area contributed by atoms with Crippen LogP contribution >= 0.6 is 15.9 Å². The Bertz CT molecular complexity index is 426. The second kappa shape index (κ2) is 6.07. The molecule has 0 saturated carbocycles. The third-order valence-corrected chi connectivity index (χ3v) is 2.86. The molecule has 0 fully saturated rings. The number of halogens is 3. The molecule has 0 aliphatic rings. The number of amides is 1. The van der Waals surface area contributed by atoms with Crippen LogP contribution in [0.3, 0.4) is 0 Å². The van der Waals surface area contributed by atoms with Crippen molar-refractivity contribution in [3.63, 3.8) is 0 Å². The van der Waals surface area contributed by atoms with Crippen molar-refractivity contribution in [2.24, 2.45) is 5.73 Å². The number of carbonyl (C=O) groups excluding carboxylic acids is 1. The molecule has 0 saturated heterocycles. The molecule has 0 bridgehead atoms. The molecular weight excluding hydrogens is 294 g/mol. The highest BCUT2D eigenvalue weighted by Gasteiger charge is 2.12. The molecule has 17 heavy (non-hydrogen) atoms. The van der Waals surface area contributed by atoms with Crippen LogP contribution in [0.25, 0.3) is 0 Å². The van der Waals surface area contributed by atoms with Crippen LogP contribution in [0.1, 0.15) is 19.8 Å². The second-order valence-electron chi connectivity index (χ2n) is 3.67. The summed E-state index contributed by atoms with van der Waals surface area (Å²) in [5, 5.41) is 2.35. The van der Waals surface area contributed by atoms with Crippen molar-refractivity contribution in [2.45, 2.75) is 25.8 Å². The largest absolute Gasteiger partial charge is 0.327 e. The fourth-order valence-corrected chi connectivity index (χ4v) is 1.55. The van der Waals surface area contributed by atoms with E-state index in [4.69, 9.17) is 5.73 Å². The minimum absolute atomic E-state index is 0.0634. The van der Waals surface area contributed by atoms with E-state index in [1.807, 2.05) is 6.92 Å². The molecule has 0 spiro atoms. The molecule has 3 nitrogen and oxygen atoms in total. The van der Waals surface area contributed by atoms with Gasteiger partial charge in [0, 0.05) is 18.5 Å². The molecule has 6 heteroatoms. The van der Waals surface area contributed by atoms with E-state index in [-0.39, 0.29) is 22.6 Å². The van der Waals surface area contributed by atoms with Gasteiger partial charge >= 0.3 is 0 Å². The first-order chi connectivity index (χ1) is 7.93. The van der Waals surface area contributed by atoms with Crippen LogP contribution in [0.15, 0.2) is 16.6 Å². The maximum absolute atomic E-state index is 13.3. The van der Waals surface area contributed by atoms with Gasteiger partial charge in [-0.05, 0) is 28.4 Å². The second-order valence-corrected chi connectivity index (χ2v) is 4.52. The zero-order valence-corrected chi connectivity index (χ0v) is 10.9. The number of nitrogens with one attached hydrogen (secondary N) is 1. The van der Waals surface area contributed by atoms with E-state index < -0.39 is 17.5 Å². The predicted octanol–water partition coefficient (Wildman–Crippen LogP) is 2.79. The first-order valence-corrected chi connectivity index (χ1v) is 5.93. The predicted molar refractivity (Wildman–Crippen MR) is 65.6 cm³/mol. The molecule has 1 aromatic rings. The average Bonchev–Trinajstić information content (AvgIpc) is 2.25. The minimum atomic E-state index is -0.816. The third-order valence-electron chi connectivity index (χ3n) is 2.26. The van der Waals surface area contributed by atoms with Gasteiger partial charge in [0.05, 0.1) is 10.2 Å². The van der Waals surface area contributed by atoms with E-state index in [1.165, 1.54) is 6.07 Å². The van der Waals surface area contributed by atoms with Gasteiger partial charge in [0.15, 0.2) is 0 Å². The van der Waals surface area contributed by atoms with Gasteiger partial charge in [0.1, 0.15) is 11.6 Å². The lowest BCUT2D eigenvalue weighted by Gasteiger charge is -2.10. The molecule has 1 aromatic carbocycles. The van der Waals surface area contributed by atoms with Crippen molar-refractivity contribution in [1.82, 2.24) is 0 Å². The van der Waals surface area contributed by atoms with E-state index >= 15 is 0 Å². The van der Waals surface area contributed by atoms with E-state index in [0.717, 1.165) is 0 Å². The summed E-state index contributed by atoms with van der Waals surface area (Å²) in [5.41, 5.74) is 5.53. The van der Waals surface area contributed by atoms with Crippen molar-refractivity contribution in [3.05, 3.63) is 28.2 Å². The molecule has 0 aliphatic carbocycles. The number of anilines is 1. The van der Waals surface area contributed by atoms with Gasteiger partial charge in [0.2, 0.25) is 5.91 Å². The van der Waals surface area contributed by atoms with E-state index in [9.17, 15) is 13.6 Å². The van der Waals surface area contributed by atoms with E-state index in [0.29, 0.717) is 12.5 Å². The van der Waals surface area contributed by atoms with Crippen LogP contribution in [0, 0.1) is 11.6 Å². The highest BCUT2D eigenvalue weighted by Crippen LogP contribution is 2.23. The molecule has 0 heterocycles. The summed E-state index contributed by atoms with van der Waals surface area (Å²) in [7, 11) is 0. The van der Waals surface area contributed by atoms with Gasteiger partial charge in [0.25, 0.3) is 0 Å². The molecule has 1 atom stereocenters. The van der Waals surface area contributed by atoms with Crippen LogP contribution < -0.4 is 11.1 Å². The lowest BCUT2D eigenvalue weighted by atomic mass is 10.1. The number of hydrogen-bond donors (Lipinski definition) is 2. The topological polar surface area (TPSA) is 55.1 Å². The Morgan fingerprint density at radius 2 is 2.12 bits per heavy atom. The highest BCUT2D eigenvalue weighted by molar-refractivity contribution is 9.10. The summed E-state index contributed by atoms with van der Waals surface area (Å²) < 4.78 is 26.3. The van der Waals surface area contributed by atoms with Gasteiger partial charge in [-0.2, -0.15) is 0 Å². The molecule has 0 aliphatic heterocycles. The van der Waals surface area contributed by atoms with Crippen LogP contribution in [0.2, 0.25) is 0 Å². The van der Waals surface area contributed by atoms with E-state index in [2.05, 4.69) is 21.2 Å². The molecule has 3 N–H and O–H groups in total. The standard InChI is InChI=1S/C11H13BrF2N2O/c1-2-6(15)3-11(17)16-10-4-7(12)8(13)5-9(10)14/h4-6H,2-3,15H2,1H3,(H,16,17). The monoisotopic (exact) mass is 306 g/mol. The number of hydrogen-bond acceptors (Lipinski definition) is 2. The number of rotatable bonds is 4. The van der Waals surface area contributed by atoms with Crippen LogP contribution in [-0.2, 0) is 4.79 Å². The van der Waals surface area contributed by atoms with Crippen LogP contribution in [0.5, 0.6) is 0 Å². The first-order valence-electron chi connectivity index (χ1n) is 5.14. The Morgan fingerprint density at radius 3 is 2.71 bits per heavy atom. The van der Waals surface area contributed by atoms with Crippen LogP contribution in [-0.4, -0.2) is 11.9 Å². The van der Waals surface area contributed by atoms with Crippen molar-refractivity contribution in [1.29, 1.82) is 0 Å². The lowest BCUT2D eigenvalue weighted by Crippen LogP contribution is -2.26. The summed E-state index contributed by atoms with van der Waals surface area (Å²) in [6.07, 6.45) is 0.758. The normalized spacial score (nSPS) is 12.3. The first kappa shape index (κ1) is 14.1. The van der Waals surface area contributed by atoms with Crippen molar-refractivity contribution < 1.29 is 13.6 Å². The summed E-state index contributed by atoms with van der Waals surface area (Å²) in [5.74, 6) is -1.92. The maximum Gasteiger partial charge on any atom is 0.226 e. The minimum Gasteiger partial charge on any atom is -0.327 e. The maximum atomic E-state index is 13.3. The van der Waals surface area contributed by atoms with Crippen molar-refractivity contribution in [2.75, 3.05) is 5.32 Å². The molecule has 0 aromatic heterocycles. The summed E-state index contributed by atoms with van der Waals surface area (Å²) >= 11 is 2.92. The SMILES string of the molecule is CCC(N)CC(=O)Nc1cc(Br)c(F)cc1F. The van der Waals surface area contributed by atoms with Crippen LogP contribution in [0.4, 0.5) is 14.5 Å². The Kier molecular flexibility index (Phi) is 5.02. The fraction of sp³-hybridized carbons (Fsp3) is 0.364.